The van der Waals surface area contributed by atoms with Crippen LogP contribution in [0.5, 0.6) is 0 Å². The number of amidine groups is 1. The molecule has 3 rings (SSSR count). The number of nitrogens with zero attached hydrogens (tertiary/aromatic N) is 3. The van der Waals surface area contributed by atoms with Gasteiger partial charge in [-0.15, -0.1) is 0 Å². The van der Waals surface area contributed by atoms with Crippen LogP contribution in [0.25, 0.3) is 16.5 Å². The number of aldehydes is 1. The average molecular weight is 606 g/mol. The first kappa shape index (κ1) is 33.5. The number of rotatable bonds is 10. The molecule has 0 fully saturated rings. The molecule has 0 saturated heterocycles. The molecular formula is C33H43N5O4S. The fourth-order valence-electron chi connectivity index (χ4n) is 4.56. The van der Waals surface area contributed by atoms with Gasteiger partial charge in [0, 0.05) is 39.8 Å². The zero-order valence-corrected chi connectivity index (χ0v) is 27.1. The molecule has 10 heteroatoms. The summed E-state index contributed by atoms with van der Waals surface area (Å²) in [5.41, 5.74) is 0.878. The third kappa shape index (κ3) is 7.69. The Morgan fingerprint density at radius 2 is 1.60 bits per heavy atom. The molecule has 0 saturated carbocycles. The highest BCUT2D eigenvalue weighted by atomic mass is 32.2. The van der Waals surface area contributed by atoms with Crippen LogP contribution in [0, 0.1) is 11.3 Å². The SMILES string of the molecule is CC(C)CN(C(=N)/C(C=O)=C(\NCc1cccc2ccccc12)c1cccc(S(=O)(=O)N(C)C(C)(C)C)c1)C(=O)N(C)C. The minimum absolute atomic E-state index is 0.0191. The lowest BCUT2D eigenvalue weighted by Gasteiger charge is -2.31. The Balaban J connectivity index is 2.23. The van der Waals surface area contributed by atoms with Crippen molar-refractivity contribution in [1.29, 1.82) is 5.41 Å². The van der Waals surface area contributed by atoms with E-state index in [1.54, 1.807) is 26.2 Å². The van der Waals surface area contributed by atoms with E-state index in [4.69, 9.17) is 5.41 Å². The van der Waals surface area contributed by atoms with Crippen LogP contribution in [0.4, 0.5) is 4.79 Å². The highest BCUT2D eigenvalue weighted by Gasteiger charge is 2.31. The summed E-state index contributed by atoms with van der Waals surface area (Å²) in [7, 11) is 0.821. The van der Waals surface area contributed by atoms with Crippen molar-refractivity contribution in [2.75, 3.05) is 27.7 Å². The predicted octanol–water partition coefficient (Wildman–Crippen LogP) is 5.58. The van der Waals surface area contributed by atoms with Crippen molar-refractivity contribution < 1.29 is 18.0 Å². The number of amides is 2. The lowest BCUT2D eigenvalue weighted by molar-refractivity contribution is -0.104. The van der Waals surface area contributed by atoms with Gasteiger partial charge in [0.1, 0.15) is 5.84 Å². The fraction of sp³-hybridized carbons (Fsp3) is 0.364. The van der Waals surface area contributed by atoms with Gasteiger partial charge in [-0.2, -0.15) is 4.31 Å². The molecule has 3 aromatic rings. The summed E-state index contributed by atoms with van der Waals surface area (Å²) in [5, 5.41) is 14.5. The average Bonchev–Trinajstić information content (AvgIpc) is 2.96. The van der Waals surface area contributed by atoms with Crippen LogP contribution in [-0.2, 0) is 21.4 Å². The maximum atomic E-state index is 13.6. The zero-order chi connectivity index (χ0) is 32.1. The van der Waals surface area contributed by atoms with Crippen molar-refractivity contribution in [2.24, 2.45) is 5.92 Å². The molecule has 3 aromatic carbocycles. The monoisotopic (exact) mass is 605 g/mol. The first-order chi connectivity index (χ1) is 20.1. The second kappa shape index (κ2) is 13.5. The minimum Gasteiger partial charge on any atom is -0.380 e. The van der Waals surface area contributed by atoms with Crippen LogP contribution in [0.15, 0.2) is 77.2 Å². The molecule has 0 spiro atoms. The minimum atomic E-state index is -3.89. The normalized spacial score (nSPS) is 12.7. The lowest BCUT2D eigenvalue weighted by atomic mass is 10.0. The van der Waals surface area contributed by atoms with Crippen molar-refractivity contribution >= 4 is 44.6 Å². The molecule has 0 aliphatic heterocycles. The summed E-state index contributed by atoms with van der Waals surface area (Å²) >= 11 is 0. The quantitative estimate of drug-likeness (QED) is 0.136. The van der Waals surface area contributed by atoms with Gasteiger partial charge in [-0.05, 0) is 60.7 Å². The van der Waals surface area contributed by atoms with Crippen LogP contribution >= 0.6 is 0 Å². The standard InChI is InChI=1S/C33H43N5O4S/c1-23(2)21-38(32(40)36(6)7)31(34)29(22-39)30(35-20-26-16-11-14-24-13-9-10-18-28(24)26)25-15-12-17-27(19-25)43(41,42)37(8)33(3,4)5/h9-19,22-23,34-35H,20-21H2,1-8H3/b30-29-,34-31?. The lowest BCUT2D eigenvalue weighted by Crippen LogP contribution is -2.46. The number of benzene rings is 3. The fourth-order valence-corrected chi connectivity index (χ4v) is 6.13. The summed E-state index contributed by atoms with van der Waals surface area (Å²) in [6.07, 6.45) is 0.548. The number of fused-ring (bicyclic) bond motifs is 1. The van der Waals surface area contributed by atoms with Crippen molar-refractivity contribution in [3.63, 3.8) is 0 Å². The van der Waals surface area contributed by atoms with E-state index in [2.05, 4.69) is 5.32 Å². The van der Waals surface area contributed by atoms with Crippen LogP contribution in [0.2, 0.25) is 0 Å². The molecular weight excluding hydrogens is 562 g/mol. The van der Waals surface area contributed by atoms with Gasteiger partial charge in [0.25, 0.3) is 0 Å². The molecule has 230 valence electrons. The number of sulfonamides is 1. The van der Waals surface area contributed by atoms with Crippen LogP contribution in [0.1, 0.15) is 45.7 Å². The van der Waals surface area contributed by atoms with Crippen LogP contribution in [-0.4, -0.2) is 73.9 Å². The van der Waals surface area contributed by atoms with E-state index in [0.29, 0.717) is 11.8 Å². The Bertz CT molecular complexity index is 1630. The Morgan fingerprint density at radius 3 is 2.21 bits per heavy atom. The van der Waals surface area contributed by atoms with Gasteiger partial charge in [-0.1, -0.05) is 68.4 Å². The van der Waals surface area contributed by atoms with E-state index in [9.17, 15) is 18.0 Å². The van der Waals surface area contributed by atoms with Crippen molar-refractivity contribution in [3.8, 4) is 0 Å². The molecule has 0 heterocycles. The highest BCUT2D eigenvalue weighted by Crippen LogP contribution is 2.27. The molecule has 0 aliphatic carbocycles. The van der Waals surface area contributed by atoms with Crippen molar-refractivity contribution in [3.05, 3.63) is 83.4 Å². The van der Waals surface area contributed by atoms with Gasteiger partial charge in [0.05, 0.1) is 16.2 Å². The number of nitrogens with one attached hydrogen (secondary N) is 2. The molecule has 2 amide bonds. The molecule has 43 heavy (non-hydrogen) atoms. The van der Waals surface area contributed by atoms with Gasteiger partial charge in [-0.25, -0.2) is 13.2 Å². The largest absolute Gasteiger partial charge is 0.380 e. The summed E-state index contributed by atoms with van der Waals surface area (Å²) in [6.45, 7) is 9.77. The summed E-state index contributed by atoms with van der Waals surface area (Å²) < 4.78 is 28.4. The molecule has 0 atom stereocenters. The summed E-state index contributed by atoms with van der Waals surface area (Å²) in [6, 6.07) is 19.7. The zero-order valence-electron chi connectivity index (χ0n) is 26.3. The molecule has 0 unspecified atom stereocenters. The molecule has 0 aromatic heterocycles. The first-order valence-corrected chi connectivity index (χ1v) is 15.6. The molecule has 9 nitrogen and oxygen atoms in total. The molecule has 0 aliphatic rings. The predicted molar refractivity (Wildman–Crippen MR) is 173 cm³/mol. The number of carbonyl (C=O) groups is 2. The third-order valence-corrected chi connectivity index (χ3v) is 9.25. The van der Waals surface area contributed by atoms with Gasteiger partial charge in [0.2, 0.25) is 10.0 Å². The van der Waals surface area contributed by atoms with Gasteiger partial charge < -0.3 is 10.2 Å². The number of hydrogen-bond donors (Lipinski definition) is 2. The molecule has 2 N–H and O–H groups in total. The third-order valence-electron chi connectivity index (χ3n) is 7.13. The van der Waals surface area contributed by atoms with E-state index >= 15 is 0 Å². The van der Waals surface area contributed by atoms with E-state index < -0.39 is 21.6 Å². The van der Waals surface area contributed by atoms with Gasteiger partial charge in [-0.3, -0.25) is 15.1 Å². The summed E-state index contributed by atoms with van der Waals surface area (Å²) in [4.78, 5) is 28.6. The van der Waals surface area contributed by atoms with Gasteiger partial charge in [0.15, 0.2) is 6.29 Å². The maximum absolute atomic E-state index is 13.6. The maximum Gasteiger partial charge on any atom is 0.325 e. The Morgan fingerprint density at radius 1 is 0.977 bits per heavy atom. The van der Waals surface area contributed by atoms with E-state index in [0.717, 1.165) is 16.3 Å². The Hall–Kier alpha value is -4.02. The van der Waals surface area contributed by atoms with Crippen LogP contribution in [0.3, 0.4) is 0 Å². The van der Waals surface area contributed by atoms with Gasteiger partial charge >= 0.3 is 6.03 Å². The number of urea groups is 1. The Labute approximate surface area is 255 Å². The van der Waals surface area contributed by atoms with Crippen molar-refractivity contribution in [1.82, 2.24) is 19.4 Å². The topological polar surface area (TPSA) is 114 Å². The summed E-state index contributed by atoms with van der Waals surface area (Å²) in [5.74, 6) is -0.256. The Kier molecular flexibility index (Phi) is 10.5. The number of hydrogen-bond acceptors (Lipinski definition) is 6. The first-order valence-electron chi connectivity index (χ1n) is 14.2. The van der Waals surface area contributed by atoms with E-state index in [1.807, 2.05) is 77.1 Å². The highest BCUT2D eigenvalue weighted by molar-refractivity contribution is 7.89. The second-order valence-electron chi connectivity index (χ2n) is 12.1. The van der Waals surface area contributed by atoms with Crippen molar-refractivity contribution in [2.45, 2.75) is 51.6 Å². The van der Waals surface area contributed by atoms with E-state index in [-0.39, 0.29) is 41.0 Å². The number of carbonyl (C=O) groups excluding carboxylic acids is 2. The second-order valence-corrected chi connectivity index (χ2v) is 14.1. The smallest absolute Gasteiger partial charge is 0.325 e. The van der Waals surface area contributed by atoms with Crippen LogP contribution < -0.4 is 5.32 Å². The molecule has 0 radical (unpaired) electrons. The van der Waals surface area contributed by atoms with E-state index in [1.165, 1.54) is 33.3 Å². The molecule has 0 bridgehead atoms.